The van der Waals surface area contributed by atoms with Crippen LogP contribution in [-0.4, -0.2) is 16.7 Å². The largest absolute Gasteiger partial charge is 0.331 e. The molecule has 2 nitrogen and oxygen atoms in total. The summed E-state index contributed by atoms with van der Waals surface area (Å²) in [5.74, 6) is 0. The van der Waals surface area contributed by atoms with Crippen LogP contribution in [0.2, 0.25) is 0 Å². The lowest BCUT2D eigenvalue weighted by molar-refractivity contribution is 0.243. The Morgan fingerprint density at radius 3 is 1.60 bits per heavy atom. The van der Waals surface area contributed by atoms with E-state index in [0.29, 0.717) is 13.2 Å². The smallest absolute Gasteiger partial charge is 0.259 e. The lowest BCUT2D eigenvalue weighted by Crippen LogP contribution is -2.07. The fourth-order valence-corrected chi connectivity index (χ4v) is 2.60. The molecule has 0 aliphatic rings. The average Bonchev–Trinajstić information content (AvgIpc) is 2.14. The van der Waals surface area contributed by atoms with Crippen molar-refractivity contribution < 1.29 is 9.05 Å². The molecule has 6 heteroatoms. The van der Waals surface area contributed by atoms with Crippen molar-refractivity contribution in [1.82, 2.24) is 0 Å². The fraction of sp³-hybridized carbons (Fsp3) is 1.00. The number of halogens is 3. The Morgan fingerprint density at radius 1 is 0.933 bits per heavy atom. The third-order valence-electron chi connectivity index (χ3n) is 1.62. The maximum absolute atomic E-state index is 5.77. The highest BCUT2D eigenvalue weighted by Gasteiger charge is 2.35. The van der Waals surface area contributed by atoms with Crippen LogP contribution in [0.1, 0.15) is 39.5 Å². The van der Waals surface area contributed by atoms with Crippen molar-refractivity contribution in [3.63, 3.8) is 0 Å². The van der Waals surface area contributed by atoms with E-state index < -0.39 is 11.9 Å². The zero-order valence-corrected chi connectivity index (χ0v) is 12.3. The molecule has 0 aliphatic heterocycles. The summed E-state index contributed by atoms with van der Waals surface area (Å²) >= 11 is 17.3. The second-order valence-corrected chi connectivity index (χ2v) is 7.87. The third kappa shape index (κ3) is 8.97. The van der Waals surface area contributed by atoms with Gasteiger partial charge < -0.3 is 9.05 Å². The van der Waals surface area contributed by atoms with Crippen molar-refractivity contribution in [2.45, 2.75) is 43.1 Å². The van der Waals surface area contributed by atoms with Gasteiger partial charge in [0, 0.05) is 0 Å². The van der Waals surface area contributed by atoms with Crippen LogP contribution in [0, 0.1) is 0 Å². The van der Waals surface area contributed by atoms with E-state index in [9.17, 15) is 0 Å². The van der Waals surface area contributed by atoms with Gasteiger partial charge in [-0.1, -0.05) is 61.5 Å². The molecule has 0 heterocycles. The predicted octanol–water partition coefficient (Wildman–Crippen LogP) is 5.26. The van der Waals surface area contributed by atoms with E-state index in [-0.39, 0.29) is 0 Å². The first kappa shape index (κ1) is 16.2. The summed E-state index contributed by atoms with van der Waals surface area (Å²) in [6.07, 6.45) is 4.02. The minimum Gasteiger partial charge on any atom is -0.331 e. The van der Waals surface area contributed by atoms with Crippen LogP contribution < -0.4 is 0 Å². The first-order valence-electron chi connectivity index (χ1n) is 5.15. The van der Waals surface area contributed by atoms with Crippen molar-refractivity contribution >= 4 is 43.2 Å². The van der Waals surface area contributed by atoms with Crippen LogP contribution in [0.15, 0.2) is 0 Å². The molecule has 0 amide bonds. The quantitative estimate of drug-likeness (QED) is 0.345. The molecule has 0 aromatic carbocycles. The first-order valence-corrected chi connectivity index (χ1v) is 7.46. The predicted molar refractivity (Wildman–Crippen MR) is 68.9 cm³/mol. The van der Waals surface area contributed by atoms with E-state index >= 15 is 0 Å². The van der Waals surface area contributed by atoms with Crippen LogP contribution in [0.4, 0.5) is 0 Å². The van der Waals surface area contributed by atoms with E-state index in [1.165, 1.54) is 0 Å². The number of hydrogen-bond donors (Lipinski definition) is 0. The molecule has 0 aliphatic carbocycles. The standard InChI is InChI=1S/C9H18Cl3O2P/c1-3-5-7-13-15(9(10,11)12)14-8-6-4-2/h3-8H2,1-2H3. The molecule has 0 aromatic rings. The highest BCUT2D eigenvalue weighted by molar-refractivity contribution is 7.57. The zero-order chi connectivity index (χ0) is 11.7. The number of alkyl halides is 3. The third-order valence-corrected chi connectivity index (χ3v) is 4.11. The van der Waals surface area contributed by atoms with Gasteiger partial charge in [0.2, 0.25) is 8.38 Å². The van der Waals surface area contributed by atoms with Crippen molar-refractivity contribution in [2.24, 2.45) is 0 Å². The van der Waals surface area contributed by atoms with Gasteiger partial charge in [0.15, 0.2) is 0 Å². The highest BCUT2D eigenvalue weighted by Crippen LogP contribution is 2.59. The van der Waals surface area contributed by atoms with Gasteiger partial charge in [-0.2, -0.15) is 0 Å². The molecule has 15 heavy (non-hydrogen) atoms. The lowest BCUT2D eigenvalue weighted by atomic mass is 10.4. The monoisotopic (exact) mass is 294 g/mol. The van der Waals surface area contributed by atoms with Gasteiger partial charge >= 0.3 is 0 Å². The molecular formula is C9H18Cl3O2P. The van der Waals surface area contributed by atoms with Crippen LogP contribution in [-0.2, 0) is 9.05 Å². The first-order chi connectivity index (χ1) is 7.02. The SMILES string of the molecule is CCCCOP(OCCCC)C(Cl)(Cl)Cl. The van der Waals surface area contributed by atoms with Gasteiger partial charge in [-0.25, -0.2) is 0 Å². The van der Waals surface area contributed by atoms with E-state index in [4.69, 9.17) is 43.9 Å². The van der Waals surface area contributed by atoms with E-state index in [1.807, 2.05) is 0 Å². The van der Waals surface area contributed by atoms with E-state index in [0.717, 1.165) is 25.7 Å². The summed E-state index contributed by atoms with van der Waals surface area (Å²) in [6.45, 7) is 5.34. The molecule has 0 aromatic heterocycles. The Bertz CT molecular complexity index is 143. The molecule has 0 saturated heterocycles. The average molecular weight is 296 g/mol. The second-order valence-electron chi connectivity index (χ2n) is 3.10. The summed E-state index contributed by atoms with van der Waals surface area (Å²) in [7, 11) is -1.43. The maximum atomic E-state index is 5.77. The van der Waals surface area contributed by atoms with E-state index in [2.05, 4.69) is 13.8 Å². The molecular weight excluding hydrogens is 277 g/mol. The van der Waals surface area contributed by atoms with Gasteiger partial charge in [0.1, 0.15) is 0 Å². The molecule has 0 radical (unpaired) electrons. The normalized spacial score (nSPS) is 12.4. The van der Waals surface area contributed by atoms with Crippen LogP contribution in [0.25, 0.3) is 0 Å². The Kier molecular flexibility index (Phi) is 10.0. The van der Waals surface area contributed by atoms with Gasteiger partial charge in [-0.05, 0) is 12.8 Å². The van der Waals surface area contributed by atoms with Gasteiger partial charge in [0.05, 0.1) is 13.2 Å². The van der Waals surface area contributed by atoms with Gasteiger partial charge in [-0.3, -0.25) is 0 Å². The minimum atomic E-state index is -1.45. The Morgan fingerprint density at radius 2 is 1.33 bits per heavy atom. The second kappa shape index (κ2) is 9.27. The van der Waals surface area contributed by atoms with Crippen molar-refractivity contribution in [2.75, 3.05) is 13.2 Å². The molecule has 0 bridgehead atoms. The summed E-state index contributed by atoms with van der Waals surface area (Å²) in [5.41, 5.74) is 0. The Balaban J connectivity index is 3.85. The van der Waals surface area contributed by atoms with Gasteiger partial charge in [0.25, 0.3) is 3.53 Å². The van der Waals surface area contributed by atoms with E-state index in [1.54, 1.807) is 0 Å². The maximum Gasteiger partial charge on any atom is 0.259 e. The topological polar surface area (TPSA) is 18.5 Å². The lowest BCUT2D eigenvalue weighted by Gasteiger charge is -2.23. The molecule has 0 N–H and O–H groups in total. The summed E-state index contributed by atoms with van der Waals surface area (Å²) in [4.78, 5) is 0. The fourth-order valence-electron chi connectivity index (χ4n) is 0.767. The molecule has 0 fully saturated rings. The van der Waals surface area contributed by atoms with Crippen LogP contribution in [0.5, 0.6) is 0 Å². The van der Waals surface area contributed by atoms with Gasteiger partial charge in [-0.15, -0.1) is 0 Å². The molecule has 0 saturated carbocycles. The highest BCUT2D eigenvalue weighted by atomic mass is 35.6. The Hall–Kier alpha value is 1.22. The zero-order valence-electron chi connectivity index (χ0n) is 9.14. The Labute approximate surface area is 108 Å². The van der Waals surface area contributed by atoms with Crippen molar-refractivity contribution in [3.8, 4) is 0 Å². The minimum absolute atomic E-state index is 0.586. The van der Waals surface area contributed by atoms with Crippen molar-refractivity contribution in [1.29, 1.82) is 0 Å². The number of hydrogen-bond acceptors (Lipinski definition) is 2. The van der Waals surface area contributed by atoms with Crippen molar-refractivity contribution in [3.05, 3.63) is 0 Å². The molecule has 0 unspecified atom stereocenters. The molecule has 92 valence electrons. The summed E-state index contributed by atoms with van der Waals surface area (Å²) in [5, 5.41) is 0. The molecule has 0 atom stereocenters. The molecule has 0 rings (SSSR count). The molecule has 0 spiro atoms. The number of rotatable bonds is 8. The van der Waals surface area contributed by atoms with Crippen LogP contribution >= 0.6 is 43.2 Å². The summed E-state index contributed by atoms with van der Waals surface area (Å²) in [6, 6.07) is 0. The van der Waals surface area contributed by atoms with Crippen LogP contribution in [0.3, 0.4) is 0 Å². The number of unbranched alkanes of at least 4 members (excludes halogenated alkanes) is 2. The summed E-state index contributed by atoms with van der Waals surface area (Å²) < 4.78 is 9.43.